The highest BCUT2D eigenvalue weighted by molar-refractivity contribution is 7.93. The fourth-order valence-corrected chi connectivity index (χ4v) is 3.03. The Balaban J connectivity index is 2.23. The molecule has 0 unspecified atom stereocenters. The van der Waals surface area contributed by atoms with E-state index in [1.165, 1.54) is 31.6 Å². The summed E-state index contributed by atoms with van der Waals surface area (Å²) < 4.78 is 24.7. The van der Waals surface area contributed by atoms with Gasteiger partial charge >= 0.3 is 5.97 Å². The molecule has 140 valence electrons. The molecule has 0 radical (unpaired) electrons. The minimum atomic E-state index is -3.59. The summed E-state index contributed by atoms with van der Waals surface area (Å²) in [6.07, 6.45) is 1.25. The summed E-state index contributed by atoms with van der Waals surface area (Å²) in [4.78, 5) is 23.2. The van der Waals surface area contributed by atoms with Gasteiger partial charge in [-0.2, -0.15) is 5.10 Å². The number of hydrogen-bond donors (Lipinski definition) is 2. The van der Waals surface area contributed by atoms with Crippen LogP contribution in [0.1, 0.15) is 36.8 Å². The Hall–Kier alpha value is -2.68. The molecule has 0 aliphatic heterocycles. The summed E-state index contributed by atoms with van der Waals surface area (Å²) in [5, 5.41) is 15.7. The van der Waals surface area contributed by atoms with Crippen LogP contribution in [0, 0.1) is 6.92 Å². The van der Waals surface area contributed by atoms with Crippen molar-refractivity contribution in [1.29, 1.82) is 0 Å². The Morgan fingerprint density at radius 2 is 1.92 bits per heavy atom. The van der Waals surface area contributed by atoms with Gasteiger partial charge in [-0.1, -0.05) is 6.07 Å². The monoisotopic (exact) mass is 379 g/mol. The van der Waals surface area contributed by atoms with Gasteiger partial charge in [0.05, 0.1) is 22.3 Å². The van der Waals surface area contributed by atoms with E-state index in [2.05, 4.69) is 10.4 Å². The molecule has 0 fully saturated rings. The van der Waals surface area contributed by atoms with Gasteiger partial charge in [0.2, 0.25) is 5.91 Å². The third-order valence-corrected chi connectivity index (χ3v) is 6.38. The van der Waals surface area contributed by atoms with Crippen molar-refractivity contribution in [3.63, 3.8) is 0 Å². The number of carboxylic acids is 1. The minimum Gasteiger partial charge on any atom is -0.478 e. The van der Waals surface area contributed by atoms with Crippen LogP contribution in [0.5, 0.6) is 0 Å². The van der Waals surface area contributed by atoms with Crippen LogP contribution in [0.4, 0.5) is 5.69 Å². The predicted molar refractivity (Wildman–Crippen MR) is 97.4 cm³/mol. The average Bonchev–Trinajstić information content (AvgIpc) is 2.87. The van der Waals surface area contributed by atoms with Crippen LogP contribution >= 0.6 is 0 Å². The fraction of sp³-hybridized carbons (Fsp3) is 0.353. The molecule has 26 heavy (non-hydrogen) atoms. The number of amides is 1. The molecule has 0 aliphatic carbocycles. The summed E-state index contributed by atoms with van der Waals surface area (Å²) >= 11 is 0. The Kier molecular flexibility index (Phi) is 5.22. The number of hydrogen-bond acceptors (Lipinski definition) is 5. The van der Waals surface area contributed by atoms with Crippen molar-refractivity contribution >= 4 is 27.4 Å². The summed E-state index contributed by atoms with van der Waals surface area (Å²) in [5.41, 5.74) is 1.46. The van der Waals surface area contributed by atoms with E-state index in [9.17, 15) is 18.0 Å². The van der Waals surface area contributed by atoms with Crippen LogP contribution in [-0.4, -0.2) is 45.7 Å². The first-order chi connectivity index (χ1) is 11.9. The first-order valence-electron chi connectivity index (χ1n) is 7.83. The lowest BCUT2D eigenvalue weighted by molar-refractivity contribution is -0.113. The van der Waals surface area contributed by atoms with Crippen molar-refractivity contribution in [2.75, 3.05) is 11.1 Å². The Morgan fingerprint density at radius 1 is 1.27 bits per heavy atom. The van der Waals surface area contributed by atoms with Gasteiger partial charge in [0.15, 0.2) is 9.84 Å². The zero-order chi connectivity index (χ0) is 19.7. The Bertz CT molecular complexity index is 955. The first-order valence-corrected chi connectivity index (χ1v) is 9.48. The fourth-order valence-electron chi connectivity index (χ4n) is 2.18. The number of sulfone groups is 1. The van der Waals surface area contributed by atoms with Gasteiger partial charge in [0.1, 0.15) is 11.3 Å². The van der Waals surface area contributed by atoms with Crippen molar-refractivity contribution < 1.29 is 23.1 Å². The molecule has 2 rings (SSSR count). The molecule has 9 heteroatoms. The minimum absolute atomic E-state index is 0.0794. The van der Waals surface area contributed by atoms with Crippen LogP contribution in [0.25, 0.3) is 5.69 Å². The molecule has 0 saturated heterocycles. The van der Waals surface area contributed by atoms with Crippen LogP contribution < -0.4 is 5.32 Å². The van der Waals surface area contributed by atoms with E-state index in [4.69, 9.17) is 5.11 Å². The molecule has 1 aromatic heterocycles. The van der Waals surface area contributed by atoms with Gasteiger partial charge in [-0.15, -0.1) is 0 Å². The molecule has 0 atom stereocenters. The van der Waals surface area contributed by atoms with E-state index in [1.54, 1.807) is 31.2 Å². The number of rotatable bonds is 5. The molecule has 1 amide bonds. The van der Waals surface area contributed by atoms with E-state index in [0.29, 0.717) is 17.1 Å². The summed E-state index contributed by atoms with van der Waals surface area (Å²) in [6.45, 7) is 6.24. The summed E-state index contributed by atoms with van der Waals surface area (Å²) in [6, 6.07) is 6.56. The number of nitrogens with one attached hydrogen (secondary N) is 1. The molecule has 1 heterocycles. The number of carboxylic acid groups (broad SMARTS) is 1. The van der Waals surface area contributed by atoms with E-state index < -0.39 is 32.2 Å². The number of carbonyl (C=O) groups is 2. The largest absolute Gasteiger partial charge is 0.478 e. The van der Waals surface area contributed by atoms with Gasteiger partial charge in [-0.05, 0) is 45.9 Å². The van der Waals surface area contributed by atoms with E-state index in [0.717, 1.165) is 0 Å². The second-order valence-electron chi connectivity index (χ2n) is 6.83. The third-order valence-electron chi connectivity index (χ3n) is 3.87. The topological polar surface area (TPSA) is 118 Å². The maximum atomic E-state index is 12.1. The highest BCUT2D eigenvalue weighted by Crippen LogP contribution is 2.19. The van der Waals surface area contributed by atoms with Gasteiger partial charge in [-0.25, -0.2) is 17.9 Å². The number of aromatic carboxylic acids is 1. The van der Waals surface area contributed by atoms with Crippen LogP contribution in [-0.2, 0) is 14.6 Å². The van der Waals surface area contributed by atoms with Crippen molar-refractivity contribution in [1.82, 2.24) is 9.78 Å². The molecule has 0 aliphatic rings. The number of anilines is 1. The molecular formula is C17H21N3O5S. The Morgan fingerprint density at radius 3 is 2.46 bits per heavy atom. The molecule has 8 nitrogen and oxygen atoms in total. The zero-order valence-electron chi connectivity index (χ0n) is 15.0. The van der Waals surface area contributed by atoms with Gasteiger partial charge in [-0.3, -0.25) is 4.79 Å². The molecule has 0 bridgehead atoms. The quantitative estimate of drug-likeness (QED) is 0.820. The standard InChI is InChI=1S/C17H21N3O5S/c1-11-14(16(22)23)9-18-20(11)13-7-5-6-12(8-13)19-15(21)10-26(24,25)17(2,3)4/h5-9H,10H2,1-4H3,(H,19,21)(H,22,23). The van der Waals surface area contributed by atoms with Crippen LogP contribution in [0.15, 0.2) is 30.5 Å². The number of benzene rings is 1. The highest BCUT2D eigenvalue weighted by atomic mass is 32.2. The van der Waals surface area contributed by atoms with E-state index in [-0.39, 0.29) is 5.56 Å². The van der Waals surface area contributed by atoms with Gasteiger partial charge in [0, 0.05) is 5.69 Å². The lowest BCUT2D eigenvalue weighted by atomic mass is 10.2. The highest BCUT2D eigenvalue weighted by Gasteiger charge is 2.31. The SMILES string of the molecule is Cc1c(C(=O)O)cnn1-c1cccc(NC(=O)CS(=O)(=O)C(C)(C)C)c1. The molecular weight excluding hydrogens is 358 g/mol. The van der Waals surface area contributed by atoms with Crippen molar-refractivity contribution in [3.8, 4) is 5.69 Å². The maximum Gasteiger partial charge on any atom is 0.339 e. The normalized spacial score (nSPS) is 12.0. The van der Waals surface area contributed by atoms with Gasteiger partial charge < -0.3 is 10.4 Å². The summed E-state index contributed by atoms with van der Waals surface area (Å²) in [7, 11) is -3.59. The number of nitrogens with zero attached hydrogens (tertiary/aromatic N) is 2. The molecule has 2 N–H and O–H groups in total. The molecule has 0 saturated carbocycles. The van der Waals surface area contributed by atoms with Crippen LogP contribution in [0.2, 0.25) is 0 Å². The smallest absolute Gasteiger partial charge is 0.339 e. The molecule has 2 aromatic rings. The first kappa shape index (κ1) is 19.6. The Labute approximate surface area is 151 Å². The molecule has 0 spiro atoms. The lowest BCUT2D eigenvalue weighted by Gasteiger charge is -2.18. The average molecular weight is 379 g/mol. The number of aromatic nitrogens is 2. The van der Waals surface area contributed by atoms with Crippen molar-refractivity contribution in [2.45, 2.75) is 32.4 Å². The third kappa shape index (κ3) is 4.10. The van der Waals surface area contributed by atoms with Gasteiger partial charge in [0.25, 0.3) is 0 Å². The van der Waals surface area contributed by atoms with E-state index in [1.807, 2.05) is 0 Å². The number of carbonyl (C=O) groups excluding carboxylic acids is 1. The zero-order valence-corrected chi connectivity index (χ0v) is 15.8. The maximum absolute atomic E-state index is 12.1. The van der Waals surface area contributed by atoms with Crippen molar-refractivity contribution in [2.24, 2.45) is 0 Å². The lowest BCUT2D eigenvalue weighted by Crippen LogP contribution is -2.35. The van der Waals surface area contributed by atoms with E-state index >= 15 is 0 Å². The predicted octanol–water partition coefficient (Wildman–Crippen LogP) is 2.03. The molecule has 1 aromatic carbocycles. The second kappa shape index (κ2) is 6.91. The van der Waals surface area contributed by atoms with Crippen LogP contribution in [0.3, 0.4) is 0 Å². The van der Waals surface area contributed by atoms with Crippen molar-refractivity contribution in [3.05, 3.63) is 41.7 Å². The second-order valence-corrected chi connectivity index (χ2v) is 9.57. The summed E-state index contributed by atoms with van der Waals surface area (Å²) in [5.74, 6) is -2.34.